The summed E-state index contributed by atoms with van der Waals surface area (Å²) in [5.41, 5.74) is 2.12. The summed E-state index contributed by atoms with van der Waals surface area (Å²) >= 11 is 0. The van der Waals surface area contributed by atoms with Crippen LogP contribution in [0.2, 0.25) is 0 Å². The molecule has 3 aromatic rings. The molecule has 360 valence electrons. The van der Waals surface area contributed by atoms with Crippen molar-refractivity contribution in [1.29, 1.82) is 0 Å². The highest BCUT2D eigenvalue weighted by atomic mass is 19.3. The van der Waals surface area contributed by atoms with E-state index in [1.807, 2.05) is 0 Å². The zero-order valence-corrected chi connectivity index (χ0v) is 37.9. The van der Waals surface area contributed by atoms with Gasteiger partial charge in [0.1, 0.15) is 17.5 Å². The number of carbonyl (C=O) groups is 7. The number of nitrogens with one attached hydrogen (secondary N) is 3. The lowest BCUT2D eigenvalue weighted by Gasteiger charge is -2.35. The van der Waals surface area contributed by atoms with Crippen LogP contribution in [0, 0.1) is 0 Å². The van der Waals surface area contributed by atoms with Crippen LogP contribution < -0.4 is 30.5 Å². The van der Waals surface area contributed by atoms with E-state index in [4.69, 9.17) is 9.47 Å². The lowest BCUT2D eigenvalue weighted by molar-refractivity contribution is -0.140. The maximum Gasteiger partial charge on any atom is 0.342 e. The molecule has 0 radical (unpaired) electrons. The van der Waals surface area contributed by atoms with E-state index in [1.54, 1.807) is 41.3 Å². The molecule has 6 aliphatic rings. The van der Waals surface area contributed by atoms with Gasteiger partial charge in [-0.05, 0) is 68.4 Å². The number of aromatic nitrogens is 2. The second-order valence-corrected chi connectivity index (χ2v) is 18.3. The molecule has 68 heavy (non-hydrogen) atoms. The maximum absolute atomic E-state index is 15.1. The van der Waals surface area contributed by atoms with Gasteiger partial charge in [0, 0.05) is 70.3 Å². The Morgan fingerprint density at radius 1 is 0.985 bits per heavy atom. The summed E-state index contributed by atoms with van der Waals surface area (Å²) < 4.78 is 41.8. The number of hydrogen-bond acceptors (Lipinski definition) is 14. The average molecular weight is 941 g/mol. The summed E-state index contributed by atoms with van der Waals surface area (Å²) in [5, 5.41) is 8.40. The molecule has 2 aromatic carbocycles. The molecule has 5 aliphatic heterocycles. The largest absolute Gasteiger partial charge is 0.495 e. The van der Waals surface area contributed by atoms with Crippen LogP contribution in [-0.4, -0.2) is 150 Å². The highest BCUT2D eigenvalue weighted by Gasteiger charge is 2.49. The van der Waals surface area contributed by atoms with E-state index < -0.39 is 48.0 Å². The molecule has 3 saturated heterocycles. The number of anilines is 4. The number of piperidine rings is 2. The maximum atomic E-state index is 15.1. The van der Waals surface area contributed by atoms with Gasteiger partial charge in [-0.2, -0.15) is 13.8 Å². The Kier molecular flexibility index (Phi) is 13.1. The van der Waals surface area contributed by atoms with Crippen molar-refractivity contribution in [3.8, 4) is 5.75 Å². The molecule has 1 aromatic heterocycles. The van der Waals surface area contributed by atoms with Crippen LogP contribution in [0.1, 0.15) is 101 Å². The molecule has 0 bridgehead atoms. The Labute approximate surface area is 390 Å². The number of morpholine rings is 1. The molecule has 7 amide bonds. The molecule has 3 N–H and O–H groups in total. The second kappa shape index (κ2) is 19.2. The van der Waals surface area contributed by atoms with E-state index in [0.717, 1.165) is 22.6 Å². The summed E-state index contributed by atoms with van der Waals surface area (Å²) in [4.78, 5) is 107. The quantitative estimate of drug-likeness (QED) is 0.222. The van der Waals surface area contributed by atoms with Crippen LogP contribution in [0.5, 0.6) is 5.75 Å². The first-order chi connectivity index (χ1) is 32.7. The molecular formula is C47H54F2N10O9. The Morgan fingerprint density at radius 2 is 1.76 bits per heavy atom. The molecule has 0 spiro atoms. The van der Waals surface area contributed by atoms with E-state index >= 15 is 8.78 Å². The summed E-state index contributed by atoms with van der Waals surface area (Å²) in [7, 11) is 2.75. The molecule has 1 saturated carbocycles. The van der Waals surface area contributed by atoms with E-state index in [-0.39, 0.29) is 77.8 Å². The van der Waals surface area contributed by atoms with Gasteiger partial charge in [0.25, 0.3) is 23.6 Å². The van der Waals surface area contributed by atoms with Gasteiger partial charge in [-0.25, -0.2) is 4.98 Å². The highest BCUT2D eigenvalue weighted by molar-refractivity contribution is 6.24. The Balaban J connectivity index is 0.752. The van der Waals surface area contributed by atoms with E-state index in [2.05, 4.69) is 30.8 Å². The number of halogens is 2. The average Bonchev–Trinajstić information content (AvgIpc) is 3.95. The summed E-state index contributed by atoms with van der Waals surface area (Å²) in [6, 6.07) is 8.53. The first-order valence-corrected chi connectivity index (χ1v) is 23.2. The monoisotopic (exact) mass is 940 g/mol. The van der Waals surface area contributed by atoms with Gasteiger partial charge >= 0.3 is 5.92 Å². The van der Waals surface area contributed by atoms with Crippen LogP contribution in [-0.2, 0) is 30.5 Å². The molecule has 4 fully saturated rings. The van der Waals surface area contributed by atoms with E-state index in [0.29, 0.717) is 94.0 Å². The van der Waals surface area contributed by atoms with Crippen molar-refractivity contribution >= 4 is 64.5 Å². The van der Waals surface area contributed by atoms with Gasteiger partial charge in [-0.1, -0.05) is 25.0 Å². The fourth-order valence-electron chi connectivity index (χ4n) is 10.2. The number of imide groups is 2. The first-order valence-electron chi connectivity index (χ1n) is 23.2. The number of methoxy groups -OCH3 is 1. The number of fused-ring (bicyclic) bond motifs is 2. The molecule has 1 aliphatic carbocycles. The van der Waals surface area contributed by atoms with Gasteiger partial charge in [0.2, 0.25) is 23.7 Å². The zero-order chi connectivity index (χ0) is 47.9. The van der Waals surface area contributed by atoms with Gasteiger partial charge in [-0.15, -0.1) is 0 Å². The standard InChI is InChI=1S/C47H54F2N10O9/c1-55-35-23-50-46(54-40(35)58(30-7-3-4-8-30)26-47(48,49)45(55)66)52-33-12-10-27(22-36(33)67-2)41(62)51-29-16-18-57(19-17-29)38(61)15-11-31-25-56(20-21-68-31)24-28-6-5-9-32-39(28)44(65)59(43(32)64)34-13-14-37(60)53-42(34)63/h5-6,9-10,12,22-23,29-31,34H,3-4,7-8,11,13-21,24-26H2,1-2H3,(H,51,62)(H,50,52,54)(H,53,60,63)/t31-,34?/m1/s1. The third kappa shape index (κ3) is 9.32. The Hall–Kier alpha value is -6.61. The summed E-state index contributed by atoms with van der Waals surface area (Å²) in [6.07, 6.45) is 6.34. The predicted molar refractivity (Wildman–Crippen MR) is 241 cm³/mol. The predicted octanol–water partition coefficient (Wildman–Crippen LogP) is 3.39. The number of alkyl halides is 2. The number of amides is 7. The molecule has 2 atom stereocenters. The lowest BCUT2D eigenvalue weighted by atomic mass is 10.0. The van der Waals surface area contributed by atoms with Crippen LogP contribution >= 0.6 is 0 Å². The van der Waals surface area contributed by atoms with Crippen molar-refractivity contribution in [2.24, 2.45) is 0 Å². The van der Waals surface area contributed by atoms with Crippen LogP contribution in [0.4, 0.5) is 31.9 Å². The van der Waals surface area contributed by atoms with Crippen LogP contribution in [0.25, 0.3) is 0 Å². The molecule has 21 heteroatoms. The highest BCUT2D eigenvalue weighted by Crippen LogP contribution is 2.40. The van der Waals surface area contributed by atoms with Crippen molar-refractivity contribution in [3.63, 3.8) is 0 Å². The van der Waals surface area contributed by atoms with Crippen molar-refractivity contribution in [3.05, 3.63) is 64.8 Å². The Bertz CT molecular complexity index is 2530. The van der Waals surface area contributed by atoms with Crippen molar-refractivity contribution in [2.75, 3.05) is 68.6 Å². The normalized spacial score (nSPS) is 22.5. The van der Waals surface area contributed by atoms with Crippen molar-refractivity contribution < 1.29 is 51.8 Å². The van der Waals surface area contributed by atoms with Crippen LogP contribution in [0.15, 0.2) is 42.6 Å². The third-order valence-electron chi connectivity index (χ3n) is 13.9. The molecule has 6 heterocycles. The third-order valence-corrected chi connectivity index (χ3v) is 13.9. The number of nitrogens with zero attached hydrogens (tertiary/aromatic N) is 7. The minimum absolute atomic E-state index is 0.00925. The molecule has 1 unspecified atom stereocenters. The number of benzene rings is 2. The minimum Gasteiger partial charge on any atom is -0.495 e. The minimum atomic E-state index is -3.60. The van der Waals surface area contributed by atoms with Gasteiger partial charge in [0.15, 0.2) is 5.82 Å². The molecular weight excluding hydrogens is 887 g/mol. The summed E-state index contributed by atoms with van der Waals surface area (Å²) in [6.45, 7) is 2.04. The second-order valence-electron chi connectivity index (χ2n) is 18.3. The van der Waals surface area contributed by atoms with Crippen LogP contribution in [0.3, 0.4) is 0 Å². The number of rotatable bonds is 12. The van der Waals surface area contributed by atoms with Gasteiger partial charge < -0.3 is 34.8 Å². The van der Waals surface area contributed by atoms with E-state index in [1.165, 1.54) is 25.3 Å². The molecule has 19 nitrogen and oxygen atoms in total. The number of ether oxygens (including phenoxy) is 2. The lowest BCUT2D eigenvalue weighted by Crippen LogP contribution is -2.54. The fraction of sp³-hybridized carbons (Fsp3) is 0.511. The fourth-order valence-corrected chi connectivity index (χ4v) is 10.2. The van der Waals surface area contributed by atoms with Crippen molar-refractivity contribution in [1.82, 2.24) is 35.3 Å². The van der Waals surface area contributed by atoms with Crippen molar-refractivity contribution in [2.45, 2.75) is 101 Å². The summed E-state index contributed by atoms with van der Waals surface area (Å²) in [5.74, 6) is -6.77. The first kappa shape index (κ1) is 46.5. The number of carbonyl (C=O) groups excluding carboxylic acids is 7. The molecule has 9 rings (SSSR count). The number of hydrogen-bond donors (Lipinski definition) is 3. The van der Waals surface area contributed by atoms with E-state index in [9.17, 15) is 33.6 Å². The van der Waals surface area contributed by atoms with Gasteiger partial charge in [0.05, 0.1) is 49.4 Å². The Morgan fingerprint density at radius 3 is 2.51 bits per heavy atom. The van der Waals surface area contributed by atoms with Gasteiger partial charge in [-0.3, -0.25) is 48.7 Å². The SMILES string of the molecule is COc1cc(C(=O)NC2CCN(C(=O)CC[C@@H]3CN(Cc4cccc5c4C(=O)N(C4CCC(=O)NC4=O)C5=O)CCO3)CC2)ccc1Nc1ncc2c(n1)N(C1CCCC1)CC(F)(F)C(=O)N2C. The zero-order valence-electron chi connectivity index (χ0n) is 37.9. The number of likely N-dealkylation sites (tertiary alicyclic amines) is 1. The topological polar surface area (TPSA) is 216 Å². The smallest absolute Gasteiger partial charge is 0.342 e.